The molecule has 1 aliphatic heterocycles. The van der Waals surface area contributed by atoms with E-state index < -0.39 is 23.6 Å². The zero-order chi connectivity index (χ0) is 28.6. The van der Waals surface area contributed by atoms with Crippen LogP contribution in [0.3, 0.4) is 0 Å². The van der Waals surface area contributed by atoms with Crippen LogP contribution in [-0.2, 0) is 20.9 Å². The first-order valence-electron chi connectivity index (χ1n) is 11.6. The van der Waals surface area contributed by atoms with Gasteiger partial charge in [0.1, 0.15) is 12.4 Å². The maximum Gasteiger partial charge on any atom is 0.490 e. The van der Waals surface area contributed by atoms with Crippen LogP contribution in [0.15, 0.2) is 54.6 Å². The lowest BCUT2D eigenvalue weighted by Gasteiger charge is -2.27. The van der Waals surface area contributed by atoms with Crippen molar-refractivity contribution in [3.05, 3.63) is 71.4 Å². The average molecular weight is 550 g/mol. The lowest BCUT2D eigenvalue weighted by Crippen LogP contribution is -2.51. The van der Waals surface area contributed by atoms with Gasteiger partial charge in [0, 0.05) is 28.8 Å². The van der Waals surface area contributed by atoms with E-state index in [1.165, 1.54) is 0 Å². The summed E-state index contributed by atoms with van der Waals surface area (Å²) in [6.45, 7) is 2.99. The molecule has 1 aliphatic rings. The number of carbonyl (C=O) groups excluding carboxylic acids is 2. The van der Waals surface area contributed by atoms with Gasteiger partial charge in [-0.3, -0.25) is 19.8 Å². The number of halogens is 3. The topological polar surface area (TPSA) is 147 Å². The fraction of sp³-hybridized carbons (Fsp3) is 0.308. The number of amides is 2. The number of para-hydroxylation sites is 1. The highest BCUT2D eigenvalue weighted by Gasteiger charge is 2.39. The van der Waals surface area contributed by atoms with Crippen LogP contribution in [0.2, 0.25) is 0 Å². The minimum absolute atomic E-state index is 0.0598. The average Bonchev–Trinajstić information content (AvgIpc) is 3.34. The van der Waals surface area contributed by atoms with Gasteiger partial charge in [0.2, 0.25) is 5.91 Å². The molecule has 2 heterocycles. The standard InChI is InChI=1S/C24H25N3O5.C2HF3O2/c1-16-12-18(20-4-2-3-5-21(20)25-16)14-32-19-8-6-17(7-9-19)23(29)26-24(10-11-31-15-24)13-22(28)27-30;3-2(4,5)1(6)7/h2-9,12,30H,10-11,13-15H2,1H3,(H,26,29)(H,27,28);(H,6,7). The summed E-state index contributed by atoms with van der Waals surface area (Å²) in [5, 5.41) is 19.9. The Morgan fingerprint density at radius 1 is 1.13 bits per heavy atom. The number of nitrogens with one attached hydrogen (secondary N) is 2. The monoisotopic (exact) mass is 549 g/mol. The van der Waals surface area contributed by atoms with Crippen LogP contribution < -0.4 is 15.5 Å². The number of rotatable bonds is 7. The summed E-state index contributed by atoms with van der Waals surface area (Å²) >= 11 is 0. The Morgan fingerprint density at radius 3 is 2.38 bits per heavy atom. The fourth-order valence-corrected chi connectivity index (χ4v) is 3.93. The van der Waals surface area contributed by atoms with Crippen molar-refractivity contribution < 1.29 is 47.3 Å². The zero-order valence-corrected chi connectivity index (χ0v) is 20.7. The molecular formula is C26H26F3N3O7. The van der Waals surface area contributed by atoms with Crippen LogP contribution in [0.1, 0.15) is 34.5 Å². The highest BCUT2D eigenvalue weighted by molar-refractivity contribution is 5.95. The van der Waals surface area contributed by atoms with Crippen LogP contribution in [0.5, 0.6) is 5.75 Å². The number of benzene rings is 2. The number of aryl methyl sites for hydroxylation is 1. The molecule has 4 rings (SSSR count). The molecule has 0 saturated carbocycles. The molecule has 2 aromatic carbocycles. The lowest BCUT2D eigenvalue weighted by atomic mass is 9.93. The molecule has 10 nitrogen and oxygen atoms in total. The second kappa shape index (κ2) is 12.5. The Bertz CT molecular complexity index is 1320. The van der Waals surface area contributed by atoms with E-state index in [4.69, 9.17) is 24.6 Å². The maximum atomic E-state index is 12.7. The first-order chi connectivity index (χ1) is 18.4. The van der Waals surface area contributed by atoms with Gasteiger partial charge in [-0.05, 0) is 49.7 Å². The molecule has 2 amide bonds. The summed E-state index contributed by atoms with van der Waals surface area (Å²) < 4.78 is 43.1. The number of nitrogens with zero attached hydrogens (tertiary/aromatic N) is 1. The van der Waals surface area contributed by atoms with Crippen molar-refractivity contribution in [1.29, 1.82) is 0 Å². The van der Waals surface area contributed by atoms with Crippen LogP contribution in [0, 0.1) is 6.92 Å². The first-order valence-corrected chi connectivity index (χ1v) is 11.6. The number of aromatic nitrogens is 1. The largest absolute Gasteiger partial charge is 0.490 e. The SMILES string of the molecule is Cc1cc(COc2ccc(C(=O)NC3(CC(=O)NO)CCOC3)cc2)c2ccccc2n1.O=C(O)C(F)(F)F. The number of aliphatic carboxylic acids is 1. The van der Waals surface area contributed by atoms with E-state index >= 15 is 0 Å². The lowest BCUT2D eigenvalue weighted by molar-refractivity contribution is -0.192. The summed E-state index contributed by atoms with van der Waals surface area (Å²) in [6, 6.07) is 16.8. The third-order valence-electron chi connectivity index (χ3n) is 5.79. The molecule has 4 N–H and O–H groups in total. The van der Waals surface area contributed by atoms with Gasteiger partial charge in [-0.2, -0.15) is 13.2 Å². The minimum Gasteiger partial charge on any atom is -0.489 e. The number of hydrogen-bond donors (Lipinski definition) is 4. The smallest absolute Gasteiger partial charge is 0.489 e. The van der Waals surface area contributed by atoms with Gasteiger partial charge in [-0.25, -0.2) is 10.3 Å². The number of fused-ring (bicyclic) bond motifs is 1. The quantitative estimate of drug-likeness (QED) is 0.259. The Morgan fingerprint density at radius 2 is 1.79 bits per heavy atom. The molecule has 1 aromatic heterocycles. The van der Waals surface area contributed by atoms with Crippen molar-refractivity contribution in [2.75, 3.05) is 13.2 Å². The zero-order valence-electron chi connectivity index (χ0n) is 20.7. The van der Waals surface area contributed by atoms with Crippen molar-refractivity contribution in [3.8, 4) is 5.75 Å². The van der Waals surface area contributed by atoms with Crippen LogP contribution in [-0.4, -0.2) is 58.0 Å². The Labute approximate surface area is 220 Å². The first kappa shape index (κ1) is 29.3. The Hall–Kier alpha value is -4.23. The molecule has 1 fully saturated rings. The van der Waals surface area contributed by atoms with Crippen molar-refractivity contribution >= 4 is 28.7 Å². The second-order valence-corrected chi connectivity index (χ2v) is 8.80. The molecule has 1 unspecified atom stereocenters. The van der Waals surface area contributed by atoms with Gasteiger partial charge in [0.05, 0.1) is 24.1 Å². The van der Waals surface area contributed by atoms with E-state index in [1.54, 1.807) is 29.7 Å². The van der Waals surface area contributed by atoms with Crippen molar-refractivity contribution in [1.82, 2.24) is 15.8 Å². The number of carboxylic acid groups (broad SMARTS) is 1. The van der Waals surface area contributed by atoms with Crippen LogP contribution in [0.25, 0.3) is 10.9 Å². The van der Waals surface area contributed by atoms with Gasteiger partial charge < -0.3 is 19.9 Å². The molecule has 39 heavy (non-hydrogen) atoms. The van der Waals surface area contributed by atoms with Gasteiger partial charge in [0.25, 0.3) is 5.91 Å². The number of hydrogen-bond acceptors (Lipinski definition) is 7. The molecule has 1 saturated heterocycles. The number of carbonyl (C=O) groups is 3. The molecule has 0 spiro atoms. The number of alkyl halides is 3. The summed E-state index contributed by atoms with van der Waals surface area (Å²) in [6.07, 6.45) is -4.65. The normalized spacial score (nSPS) is 16.6. The third kappa shape index (κ3) is 8.12. The summed E-state index contributed by atoms with van der Waals surface area (Å²) in [4.78, 5) is 37.8. The molecular weight excluding hydrogens is 523 g/mol. The summed E-state index contributed by atoms with van der Waals surface area (Å²) in [5.41, 5.74) is 4.12. The summed E-state index contributed by atoms with van der Waals surface area (Å²) in [7, 11) is 0. The van der Waals surface area contributed by atoms with E-state index in [0.29, 0.717) is 30.9 Å². The van der Waals surface area contributed by atoms with E-state index in [2.05, 4.69) is 10.3 Å². The van der Waals surface area contributed by atoms with Crippen LogP contribution in [0.4, 0.5) is 13.2 Å². The van der Waals surface area contributed by atoms with Gasteiger partial charge in [0.15, 0.2) is 0 Å². The minimum atomic E-state index is -5.08. The number of hydroxylamine groups is 1. The molecule has 1 atom stereocenters. The maximum absolute atomic E-state index is 12.7. The predicted octanol–water partition coefficient (Wildman–Crippen LogP) is 3.54. The predicted molar refractivity (Wildman–Crippen MR) is 131 cm³/mol. The van der Waals surface area contributed by atoms with Crippen LogP contribution >= 0.6 is 0 Å². The molecule has 208 valence electrons. The highest BCUT2D eigenvalue weighted by Crippen LogP contribution is 2.24. The Balaban J connectivity index is 0.000000532. The highest BCUT2D eigenvalue weighted by atomic mass is 19.4. The van der Waals surface area contributed by atoms with E-state index in [9.17, 15) is 22.8 Å². The molecule has 3 aromatic rings. The van der Waals surface area contributed by atoms with E-state index in [-0.39, 0.29) is 18.9 Å². The van der Waals surface area contributed by atoms with E-state index in [0.717, 1.165) is 22.2 Å². The van der Waals surface area contributed by atoms with Crippen molar-refractivity contribution in [2.24, 2.45) is 0 Å². The van der Waals surface area contributed by atoms with Gasteiger partial charge in [-0.1, -0.05) is 18.2 Å². The molecule has 13 heteroatoms. The molecule has 0 bridgehead atoms. The van der Waals surface area contributed by atoms with Gasteiger partial charge >= 0.3 is 12.1 Å². The number of ether oxygens (including phenoxy) is 2. The van der Waals surface area contributed by atoms with Crippen molar-refractivity contribution in [2.45, 2.75) is 38.1 Å². The second-order valence-electron chi connectivity index (χ2n) is 8.80. The molecule has 0 radical (unpaired) electrons. The van der Waals surface area contributed by atoms with E-state index in [1.807, 2.05) is 37.3 Å². The molecule has 0 aliphatic carbocycles. The van der Waals surface area contributed by atoms with Crippen molar-refractivity contribution in [3.63, 3.8) is 0 Å². The fourth-order valence-electron chi connectivity index (χ4n) is 3.93. The number of pyridine rings is 1. The Kier molecular flexibility index (Phi) is 9.43. The number of carboxylic acids is 1. The third-order valence-corrected chi connectivity index (χ3v) is 5.79. The summed E-state index contributed by atoms with van der Waals surface area (Å²) in [5.74, 6) is -3.01. The van der Waals surface area contributed by atoms with Gasteiger partial charge in [-0.15, -0.1) is 0 Å².